The van der Waals surface area contributed by atoms with Crippen molar-refractivity contribution in [2.45, 2.75) is 149 Å². The van der Waals surface area contributed by atoms with E-state index in [1.54, 1.807) is 0 Å². The molecule has 0 radical (unpaired) electrons. The second-order valence-corrected chi connectivity index (χ2v) is 9.35. The van der Waals surface area contributed by atoms with Crippen LogP contribution in [0.5, 0.6) is 0 Å². The zero-order valence-electron chi connectivity index (χ0n) is 20.5. The SMILES string of the molecule is CCCCCCCCCCCC1N(CCC)C=CN1CCCCCCCCCC. The maximum atomic E-state index is 2.65. The molecule has 1 aliphatic rings. The molecular weight excluding hydrogens is 352 g/mol. The van der Waals surface area contributed by atoms with Crippen molar-refractivity contribution in [1.82, 2.24) is 9.80 Å². The molecule has 0 aromatic heterocycles. The molecular formula is C27H54N2. The Hall–Kier alpha value is -0.660. The maximum absolute atomic E-state index is 2.65. The largest absolute Gasteiger partial charge is 0.356 e. The third-order valence-corrected chi connectivity index (χ3v) is 6.53. The van der Waals surface area contributed by atoms with Gasteiger partial charge in [0.2, 0.25) is 0 Å². The highest BCUT2D eigenvalue weighted by Gasteiger charge is 2.24. The summed E-state index contributed by atoms with van der Waals surface area (Å²) in [5.74, 6) is 0. The molecule has 0 aromatic rings. The quantitative estimate of drug-likeness (QED) is 0.176. The van der Waals surface area contributed by atoms with Gasteiger partial charge in [0.1, 0.15) is 6.17 Å². The van der Waals surface area contributed by atoms with Gasteiger partial charge in [-0.15, -0.1) is 0 Å². The number of rotatable bonds is 21. The molecule has 0 saturated heterocycles. The number of unbranched alkanes of at least 4 members (excludes halogenated alkanes) is 15. The lowest BCUT2D eigenvalue weighted by Gasteiger charge is -2.33. The molecule has 0 saturated carbocycles. The maximum Gasteiger partial charge on any atom is 0.101 e. The highest BCUT2D eigenvalue weighted by atomic mass is 15.4. The van der Waals surface area contributed by atoms with Crippen LogP contribution in [0.25, 0.3) is 0 Å². The molecule has 2 nitrogen and oxygen atoms in total. The summed E-state index contributed by atoms with van der Waals surface area (Å²) < 4.78 is 0. The predicted molar refractivity (Wildman–Crippen MR) is 131 cm³/mol. The van der Waals surface area contributed by atoms with Gasteiger partial charge in [0.25, 0.3) is 0 Å². The van der Waals surface area contributed by atoms with Gasteiger partial charge in [-0.1, -0.05) is 117 Å². The summed E-state index contributed by atoms with van der Waals surface area (Å²) in [6.07, 6.45) is 32.2. The molecule has 1 heterocycles. The van der Waals surface area contributed by atoms with E-state index < -0.39 is 0 Å². The molecule has 0 aliphatic carbocycles. The molecule has 1 aliphatic heterocycles. The van der Waals surface area contributed by atoms with Crippen molar-refractivity contribution in [3.63, 3.8) is 0 Å². The van der Waals surface area contributed by atoms with E-state index >= 15 is 0 Å². The molecule has 1 atom stereocenters. The van der Waals surface area contributed by atoms with Crippen molar-refractivity contribution in [3.8, 4) is 0 Å². The Morgan fingerprint density at radius 2 is 0.862 bits per heavy atom. The van der Waals surface area contributed by atoms with Crippen molar-refractivity contribution >= 4 is 0 Å². The fourth-order valence-electron chi connectivity index (χ4n) is 4.66. The van der Waals surface area contributed by atoms with Crippen molar-refractivity contribution in [3.05, 3.63) is 12.4 Å². The first-order chi connectivity index (χ1) is 14.3. The Balaban J connectivity index is 2.13. The normalized spacial score (nSPS) is 16.3. The van der Waals surface area contributed by atoms with E-state index in [9.17, 15) is 0 Å². The summed E-state index contributed by atoms with van der Waals surface area (Å²) in [6.45, 7) is 9.39. The zero-order valence-corrected chi connectivity index (χ0v) is 20.5. The standard InChI is InChI=1S/C27H54N2/c1-4-7-9-11-13-15-16-18-20-22-27-28(23-6-3)25-26-29(27)24-21-19-17-14-12-10-8-5-2/h25-27H,4-24H2,1-3H3. The second-order valence-electron chi connectivity index (χ2n) is 9.35. The summed E-state index contributed by atoms with van der Waals surface area (Å²) >= 11 is 0. The van der Waals surface area contributed by atoms with E-state index in [2.05, 4.69) is 43.0 Å². The van der Waals surface area contributed by atoms with Gasteiger partial charge < -0.3 is 9.80 Å². The van der Waals surface area contributed by atoms with Crippen LogP contribution in [0.3, 0.4) is 0 Å². The van der Waals surface area contributed by atoms with Crippen molar-refractivity contribution < 1.29 is 0 Å². The average Bonchev–Trinajstić information content (AvgIpc) is 3.10. The zero-order chi connectivity index (χ0) is 21.0. The molecule has 1 rings (SSSR count). The number of nitrogens with zero attached hydrogens (tertiary/aromatic N) is 2. The topological polar surface area (TPSA) is 6.48 Å². The molecule has 0 fully saturated rings. The highest BCUT2D eigenvalue weighted by molar-refractivity contribution is 4.96. The summed E-state index contributed by atoms with van der Waals surface area (Å²) in [5.41, 5.74) is 0. The Morgan fingerprint density at radius 3 is 1.34 bits per heavy atom. The van der Waals surface area contributed by atoms with Crippen LogP contribution in [0.15, 0.2) is 12.4 Å². The fourth-order valence-corrected chi connectivity index (χ4v) is 4.66. The minimum Gasteiger partial charge on any atom is -0.356 e. The van der Waals surface area contributed by atoms with Crippen LogP contribution in [-0.4, -0.2) is 29.1 Å². The Kier molecular flexibility index (Phi) is 17.6. The van der Waals surface area contributed by atoms with Gasteiger partial charge in [-0.2, -0.15) is 0 Å². The molecule has 0 spiro atoms. The average molecular weight is 407 g/mol. The fraction of sp³-hybridized carbons (Fsp3) is 0.926. The first-order valence-electron chi connectivity index (χ1n) is 13.5. The smallest absolute Gasteiger partial charge is 0.101 e. The summed E-state index contributed by atoms with van der Waals surface area (Å²) in [5, 5.41) is 0. The van der Waals surface area contributed by atoms with Crippen LogP contribution < -0.4 is 0 Å². The minimum atomic E-state index is 0.643. The van der Waals surface area contributed by atoms with Crippen LogP contribution in [0, 0.1) is 0 Å². The lowest BCUT2D eigenvalue weighted by atomic mass is 10.1. The Labute approximate surface area is 184 Å². The van der Waals surface area contributed by atoms with Gasteiger partial charge in [0, 0.05) is 25.5 Å². The third kappa shape index (κ3) is 13.3. The number of hydrogen-bond acceptors (Lipinski definition) is 2. The van der Waals surface area contributed by atoms with E-state index in [-0.39, 0.29) is 0 Å². The van der Waals surface area contributed by atoms with Gasteiger partial charge in [-0.25, -0.2) is 0 Å². The Morgan fingerprint density at radius 1 is 0.448 bits per heavy atom. The third-order valence-electron chi connectivity index (χ3n) is 6.53. The molecule has 0 amide bonds. The molecule has 1 unspecified atom stereocenters. The van der Waals surface area contributed by atoms with Crippen LogP contribution in [0.2, 0.25) is 0 Å². The van der Waals surface area contributed by atoms with Crippen LogP contribution in [0.1, 0.15) is 143 Å². The van der Waals surface area contributed by atoms with Crippen molar-refractivity contribution in [1.29, 1.82) is 0 Å². The first-order valence-corrected chi connectivity index (χ1v) is 13.5. The molecule has 172 valence electrons. The monoisotopic (exact) mass is 406 g/mol. The van der Waals surface area contributed by atoms with Crippen LogP contribution >= 0.6 is 0 Å². The molecule has 0 bridgehead atoms. The summed E-state index contributed by atoms with van der Waals surface area (Å²) in [6, 6.07) is 0. The molecule has 2 heteroatoms. The van der Waals surface area contributed by atoms with Gasteiger partial charge in [0.05, 0.1) is 0 Å². The second kappa shape index (κ2) is 19.3. The van der Waals surface area contributed by atoms with Crippen LogP contribution in [0.4, 0.5) is 0 Å². The first kappa shape index (κ1) is 26.4. The van der Waals surface area contributed by atoms with Gasteiger partial charge >= 0.3 is 0 Å². The van der Waals surface area contributed by atoms with E-state index in [1.807, 2.05) is 0 Å². The summed E-state index contributed by atoms with van der Waals surface area (Å²) in [4.78, 5) is 5.26. The molecule has 29 heavy (non-hydrogen) atoms. The number of hydrogen-bond donors (Lipinski definition) is 0. The van der Waals surface area contributed by atoms with Gasteiger partial charge in [-0.05, 0) is 25.7 Å². The summed E-state index contributed by atoms with van der Waals surface area (Å²) in [7, 11) is 0. The van der Waals surface area contributed by atoms with Gasteiger partial charge in [0.15, 0.2) is 0 Å². The van der Waals surface area contributed by atoms with E-state index in [0.717, 1.165) is 0 Å². The van der Waals surface area contributed by atoms with Crippen molar-refractivity contribution in [2.24, 2.45) is 0 Å². The van der Waals surface area contributed by atoms with Crippen LogP contribution in [-0.2, 0) is 0 Å². The van der Waals surface area contributed by atoms with Gasteiger partial charge in [-0.3, -0.25) is 0 Å². The lowest BCUT2D eigenvalue weighted by molar-refractivity contribution is 0.137. The van der Waals surface area contributed by atoms with E-state index in [4.69, 9.17) is 0 Å². The lowest BCUT2D eigenvalue weighted by Crippen LogP contribution is -2.39. The predicted octanol–water partition coefficient (Wildman–Crippen LogP) is 8.87. The van der Waals surface area contributed by atoms with E-state index in [0.29, 0.717) is 6.17 Å². The minimum absolute atomic E-state index is 0.643. The van der Waals surface area contributed by atoms with Crippen molar-refractivity contribution in [2.75, 3.05) is 13.1 Å². The molecule has 0 aromatic carbocycles. The highest BCUT2D eigenvalue weighted by Crippen LogP contribution is 2.23. The Bertz CT molecular complexity index is 366. The molecule has 0 N–H and O–H groups in total. The van der Waals surface area contributed by atoms with E-state index in [1.165, 1.54) is 135 Å².